The molecule has 1 aromatic heterocycles. The van der Waals surface area contributed by atoms with Crippen LogP contribution in [0.2, 0.25) is 0 Å². The van der Waals surface area contributed by atoms with Gasteiger partial charge in [-0.1, -0.05) is 146 Å². The predicted molar refractivity (Wildman–Crippen MR) is 257 cm³/mol. The second-order valence-electron chi connectivity index (χ2n) is 19.6. The topological polar surface area (TPSA) is 13.1 Å². The lowest BCUT2D eigenvalue weighted by Gasteiger charge is -2.46. The highest BCUT2D eigenvalue weighted by Gasteiger charge is 2.42. The van der Waals surface area contributed by atoms with Gasteiger partial charge in [-0.05, 0) is 186 Å². The molecule has 0 N–H and O–H groups in total. The summed E-state index contributed by atoms with van der Waals surface area (Å²) >= 11 is 0. The molecule has 0 unspecified atom stereocenters. The van der Waals surface area contributed by atoms with Crippen molar-refractivity contribution in [1.29, 1.82) is 0 Å². The van der Waals surface area contributed by atoms with Gasteiger partial charge in [0, 0.05) is 16.2 Å². The minimum atomic E-state index is 0.151. The van der Waals surface area contributed by atoms with Crippen LogP contribution in [-0.2, 0) is 5.41 Å². The van der Waals surface area contributed by atoms with Crippen LogP contribution < -0.4 is 0 Å². The maximum absolute atomic E-state index is 5.92. The second-order valence-corrected chi connectivity index (χ2v) is 19.6. The van der Waals surface area contributed by atoms with Crippen molar-refractivity contribution in [3.8, 4) is 33.4 Å². The molecular formula is C60H58O. The number of aryl methyl sites for hydroxylation is 3. The number of hydrogen-bond donors (Lipinski definition) is 0. The van der Waals surface area contributed by atoms with E-state index >= 15 is 0 Å². The van der Waals surface area contributed by atoms with Gasteiger partial charge in [-0.25, -0.2) is 0 Å². The SMILES string of the molecule is Cc1ccc(-c2c3c(cc4c2C2CCC4CC2)C2CCC3CC2)cc1.Cc1ccc2c(c1)C(C)(C)c1ccccc1-2.Cc1cccc2oc3ccc(-c4ccccc4)cc3c12. The van der Waals surface area contributed by atoms with Crippen LogP contribution in [0, 0.1) is 20.8 Å². The molecule has 7 aromatic carbocycles. The van der Waals surface area contributed by atoms with Gasteiger partial charge in [-0.3, -0.25) is 0 Å². The minimum Gasteiger partial charge on any atom is -0.456 e. The maximum Gasteiger partial charge on any atom is 0.135 e. The molecule has 1 heterocycles. The Bertz CT molecular complexity index is 2880. The monoisotopic (exact) mass is 794 g/mol. The van der Waals surface area contributed by atoms with E-state index in [1.54, 1.807) is 27.8 Å². The lowest BCUT2D eigenvalue weighted by Crippen LogP contribution is -2.28. The Balaban J connectivity index is 0.000000106. The molecule has 15 rings (SSSR count). The first-order chi connectivity index (χ1) is 29.7. The molecule has 0 spiro atoms. The summed E-state index contributed by atoms with van der Waals surface area (Å²) in [5.41, 5.74) is 24.6. The number of hydrogen-bond acceptors (Lipinski definition) is 1. The van der Waals surface area contributed by atoms with Crippen molar-refractivity contribution >= 4 is 21.9 Å². The van der Waals surface area contributed by atoms with E-state index in [0.717, 1.165) is 34.8 Å². The number of benzene rings is 7. The van der Waals surface area contributed by atoms with Gasteiger partial charge in [0.2, 0.25) is 0 Å². The van der Waals surface area contributed by atoms with Crippen molar-refractivity contribution in [2.24, 2.45) is 0 Å². The normalized spacial score (nSPS) is 20.8. The predicted octanol–water partition coefficient (Wildman–Crippen LogP) is 17.0. The van der Waals surface area contributed by atoms with Crippen LogP contribution in [0.5, 0.6) is 0 Å². The van der Waals surface area contributed by atoms with Crippen molar-refractivity contribution in [3.63, 3.8) is 0 Å². The van der Waals surface area contributed by atoms with Crippen molar-refractivity contribution in [2.75, 3.05) is 0 Å². The van der Waals surface area contributed by atoms with Crippen LogP contribution >= 0.6 is 0 Å². The lowest BCUT2D eigenvalue weighted by atomic mass is 9.59. The van der Waals surface area contributed by atoms with E-state index in [2.05, 4.69) is 156 Å². The molecule has 0 atom stereocenters. The van der Waals surface area contributed by atoms with Crippen molar-refractivity contribution in [2.45, 2.75) is 115 Å². The molecule has 7 aliphatic carbocycles. The molecule has 0 saturated heterocycles. The van der Waals surface area contributed by atoms with E-state index in [4.69, 9.17) is 4.42 Å². The standard InChI is InChI=1S/C25H28.C19H14O.C16H16/c1-15-2-4-20(5-3-15)25-23-18-10-6-16(7-11-18)21(23)14-22-17-8-12-19(13-9-17)24(22)25;1-13-6-5-9-18-19(13)16-12-15(10-11-17(16)20-18)14-7-3-2-4-8-14;1-11-8-9-13-12-6-4-5-7-14(12)16(2,3)15(13)10-11/h2-5,14,16-19H,6-13H2,1H3;2-12H,1H3;4-10H,1-3H3. The van der Waals surface area contributed by atoms with E-state index in [9.17, 15) is 0 Å². The Morgan fingerprint density at radius 3 is 1.72 bits per heavy atom. The largest absolute Gasteiger partial charge is 0.456 e. The lowest BCUT2D eigenvalue weighted by molar-refractivity contribution is 0.342. The molecule has 304 valence electrons. The van der Waals surface area contributed by atoms with E-state index in [0.29, 0.717) is 0 Å². The number of furan rings is 1. The Hall–Kier alpha value is -5.66. The van der Waals surface area contributed by atoms with E-state index in [1.165, 1.54) is 118 Å². The molecular weight excluding hydrogens is 737 g/mol. The van der Waals surface area contributed by atoms with Gasteiger partial charge in [0.15, 0.2) is 0 Å². The third-order valence-electron chi connectivity index (χ3n) is 15.5. The average Bonchev–Trinajstić information content (AvgIpc) is 3.79. The summed E-state index contributed by atoms with van der Waals surface area (Å²) in [5.74, 6) is 3.38. The third kappa shape index (κ3) is 6.50. The molecule has 0 amide bonds. The molecule has 0 aliphatic heterocycles. The van der Waals surface area contributed by atoms with Gasteiger partial charge >= 0.3 is 0 Å². The molecule has 1 heteroatoms. The van der Waals surface area contributed by atoms with Crippen molar-refractivity contribution in [3.05, 3.63) is 190 Å². The first kappa shape index (κ1) is 38.3. The average molecular weight is 795 g/mol. The minimum absolute atomic E-state index is 0.151. The van der Waals surface area contributed by atoms with Crippen LogP contribution in [0.1, 0.15) is 139 Å². The smallest absolute Gasteiger partial charge is 0.135 e. The van der Waals surface area contributed by atoms with E-state index < -0.39 is 0 Å². The fourth-order valence-corrected chi connectivity index (χ4v) is 12.4. The summed E-state index contributed by atoms with van der Waals surface area (Å²) in [6.45, 7) is 11.1. The summed E-state index contributed by atoms with van der Waals surface area (Å²) in [5, 5.41) is 2.42. The van der Waals surface area contributed by atoms with Gasteiger partial charge in [0.05, 0.1) is 0 Å². The Morgan fingerprint density at radius 2 is 1.03 bits per heavy atom. The van der Waals surface area contributed by atoms with Gasteiger partial charge in [0.25, 0.3) is 0 Å². The first-order valence-electron chi connectivity index (χ1n) is 23.2. The Morgan fingerprint density at radius 1 is 0.443 bits per heavy atom. The van der Waals surface area contributed by atoms with Crippen molar-refractivity contribution in [1.82, 2.24) is 0 Å². The highest BCUT2D eigenvalue weighted by atomic mass is 16.3. The summed E-state index contributed by atoms with van der Waals surface area (Å²) in [7, 11) is 0. The van der Waals surface area contributed by atoms with Gasteiger partial charge in [-0.15, -0.1) is 0 Å². The molecule has 0 radical (unpaired) electrons. The van der Waals surface area contributed by atoms with E-state index in [1.807, 2.05) is 18.2 Å². The zero-order valence-corrected chi connectivity index (χ0v) is 36.7. The maximum atomic E-state index is 5.92. The quantitative estimate of drug-likeness (QED) is 0.170. The zero-order chi connectivity index (χ0) is 41.4. The van der Waals surface area contributed by atoms with Gasteiger partial charge in [-0.2, -0.15) is 0 Å². The van der Waals surface area contributed by atoms with Crippen LogP contribution in [0.3, 0.4) is 0 Å². The fraction of sp³-hybridized carbons (Fsp3) is 0.300. The van der Waals surface area contributed by atoms with Gasteiger partial charge < -0.3 is 4.42 Å². The number of fused-ring (bicyclic) bond motifs is 10. The molecule has 7 aliphatic rings. The summed E-state index contributed by atoms with van der Waals surface area (Å²) in [6.07, 6.45) is 11.5. The molecule has 4 bridgehead atoms. The highest BCUT2D eigenvalue weighted by molar-refractivity contribution is 6.08. The molecule has 8 aromatic rings. The summed E-state index contributed by atoms with van der Waals surface area (Å²) in [6, 6.07) is 50.8. The van der Waals surface area contributed by atoms with Gasteiger partial charge in [0.1, 0.15) is 11.2 Å². The van der Waals surface area contributed by atoms with E-state index in [-0.39, 0.29) is 5.41 Å². The first-order valence-corrected chi connectivity index (χ1v) is 23.2. The van der Waals surface area contributed by atoms with Crippen LogP contribution in [0.4, 0.5) is 0 Å². The Labute approximate surface area is 362 Å². The highest BCUT2D eigenvalue weighted by Crippen LogP contribution is 2.59. The van der Waals surface area contributed by atoms with Crippen LogP contribution in [-0.4, -0.2) is 0 Å². The summed E-state index contributed by atoms with van der Waals surface area (Å²) in [4.78, 5) is 0. The molecule has 61 heavy (non-hydrogen) atoms. The second kappa shape index (κ2) is 15.1. The summed E-state index contributed by atoms with van der Waals surface area (Å²) < 4.78 is 5.92. The molecule has 2 saturated carbocycles. The Kier molecular flexibility index (Phi) is 9.45. The molecule has 2 fully saturated rings. The third-order valence-corrected chi connectivity index (χ3v) is 15.5. The van der Waals surface area contributed by atoms with Crippen LogP contribution in [0.15, 0.2) is 144 Å². The fourth-order valence-electron chi connectivity index (χ4n) is 12.4. The van der Waals surface area contributed by atoms with Crippen LogP contribution in [0.25, 0.3) is 55.3 Å². The molecule has 1 nitrogen and oxygen atoms in total. The number of rotatable bonds is 2. The zero-order valence-electron chi connectivity index (χ0n) is 36.7. The van der Waals surface area contributed by atoms with Crippen molar-refractivity contribution < 1.29 is 4.42 Å².